The number of nitrogens with one attached hydrogen (secondary N) is 1. The lowest BCUT2D eigenvalue weighted by Crippen LogP contribution is -2.15. The van der Waals surface area contributed by atoms with Crippen LogP contribution in [0.4, 0.5) is 5.69 Å². The molecule has 0 saturated heterocycles. The van der Waals surface area contributed by atoms with Crippen molar-refractivity contribution < 1.29 is 4.79 Å². The number of amides is 1. The lowest BCUT2D eigenvalue weighted by Gasteiger charge is -2.11. The third kappa shape index (κ3) is 5.51. The van der Waals surface area contributed by atoms with E-state index in [-0.39, 0.29) is 11.7 Å². The number of carbonyl (C=O) groups is 1. The molecule has 1 aromatic heterocycles. The maximum Gasteiger partial charge on any atom is 0.234 e. The molecule has 0 saturated carbocycles. The zero-order valence-electron chi connectivity index (χ0n) is 17.3. The number of thioether (sulfide) groups is 1. The van der Waals surface area contributed by atoms with Crippen LogP contribution in [0.3, 0.4) is 0 Å². The minimum atomic E-state index is -0.148. The Hall–Kier alpha value is -2.80. The van der Waals surface area contributed by atoms with Gasteiger partial charge in [-0.05, 0) is 48.4 Å². The molecule has 4 aromatic rings. The van der Waals surface area contributed by atoms with Crippen LogP contribution in [0.2, 0.25) is 10.0 Å². The van der Waals surface area contributed by atoms with Crippen LogP contribution < -0.4 is 5.32 Å². The van der Waals surface area contributed by atoms with Gasteiger partial charge in [-0.1, -0.05) is 77.4 Å². The molecule has 0 spiro atoms. The van der Waals surface area contributed by atoms with Crippen LogP contribution in [-0.2, 0) is 11.2 Å². The molecule has 0 aliphatic rings. The summed E-state index contributed by atoms with van der Waals surface area (Å²) in [5.74, 6) is 0.799. The van der Waals surface area contributed by atoms with Crippen LogP contribution in [0.25, 0.3) is 5.69 Å². The van der Waals surface area contributed by atoms with Crippen LogP contribution in [-0.4, -0.2) is 26.4 Å². The Morgan fingerprint density at radius 1 is 0.969 bits per heavy atom. The van der Waals surface area contributed by atoms with E-state index in [1.807, 2.05) is 72.2 Å². The second kappa shape index (κ2) is 10.2. The van der Waals surface area contributed by atoms with E-state index in [2.05, 4.69) is 15.5 Å². The molecule has 1 N–H and O–H groups in total. The third-order valence-electron chi connectivity index (χ3n) is 4.78. The Morgan fingerprint density at radius 3 is 2.53 bits per heavy atom. The van der Waals surface area contributed by atoms with Crippen LogP contribution >= 0.6 is 35.0 Å². The van der Waals surface area contributed by atoms with Crippen molar-refractivity contribution in [3.8, 4) is 5.69 Å². The Balaban J connectivity index is 1.56. The molecule has 8 heteroatoms. The first-order chi connectivity index (χ1) is 15.5. The Kier molecular flexibility index (Phi) is 7.15. The van der Waals surface area contributed by atoms with Crippen molar-refractivity contribution in [2.45, 2.75) is 18.5 Å². The highest BCUT2D eigenvalue weighted by atomic mass is 35.5. The molecule has 32 heavy (non-hydrogen) atoms. The number of rotatable bonds is 7. The lowest BCUT2D eigenvalue weighted by molar-refractivity contribution is -0.113. The number of anilines is 1. The summed E-state index contributed by atoms with van der Waals surface area (Å²) in [6, 6.07) is 23.0. The van der Waals surface area contributed by atoms with E-state index in [9.17, 15) is 4.79 Å². The summed E-state index contributed by atoms with van der Waals surface area (Å²) >= 11 is 13.6. The van der Waals surface area contributed by atoms with Gasteiger partial charge in [-0.25, -0.2) is 0 Å². The van der Waals surface area contributed by atoms with E-state index in [4.69, 9.17) is 23.2 Å². The van der Waals surface area contributed by atoms with E-state index in [0.29, 0.717) is 27.3 Å². The summed E-state index contributed by atoms with van der Waals surface area (Å²) in [6.45, 7) is 1.92. The molecule has 0 aliphatic carbocycles. The predicted molar refractivity (Wildman–Crippen MR) is 131 cm³/mol. The molecule has 0 bridgehead atoms. The molecule has 162 valence electrons. The topological polar surface area (TPSA) is 59.8 Å². The largest absolute Gasteiger partial charge is 0.325 e. The molecule has 0 fully saturated rings. The van der Waals surface area contributed by atoms with Crippen molar-refractivity contribution in [3.05, 3.63) is 99.8 Å². The highest BCUT2D eigenvalue weighted by Crippen LogP contribution is 2.26. The zero-order valence-corrected chi connectivity index (χ0v) is 19.6. The van der Waals surface area contributed by atoms with E-state index < -0.39 is 0 Å². The molecule has 0 radical (unpaired) electrons. The molecule has 3 aromatic carbocycles. The molecule has 0 aliphatic heterocycles. The zero-order chi connectivity index (χ0) is 22.5. The summed E-state index contributed by atoms with van der Waals surface area (Å²) in [7, 11) is 0. The monoisotopic (exact) mass is 482 g/mol. The summed E-state index contributed by atoms with van der Waals surface area (Å²) in [6.07, 6.45) is 0.606. The van der Waals surface area contributed by atoms with Crippen molar-refractivity contribution in [2.75, 3.05) is 11.1 Å². The van der Waals surface area contributed by atoms with Crippen LogP contribution in [0.1, 0.15) is 17.0 Å². The van der Waals surface area contributed by atoms with E-state index in [0.717, 1.165) is 22.6 Å². The SMILES string of the molecule is Cc1ccc(Cl)cc1NC(=O)CSc1nnc(Cc2ccccc2)n1-c1cccc(Cl)c1. The average molecular weight is 483 g/mol. The Labute approximate surface area is 200 Å². The van der Waals surface area contributed by atoms with Gasteiger partial charge in [0.15, 0.2) is 5.16 Å². The Morgan fingerprint density at radius 2 is 1.75 bits per heavy atom. The highest BCUT2D eigenvalue weighted by Gasteiger charge is 2.17. The summed E-state index contributed by atoms with van der Waals surface area (Å²) in [5.41, 5.74) is 3.61. The van der Waals surface area contributed by atoms with Gasteiger partial charge in [0, 0.05) is 22.2 Å². The molecule has 1 heterocycles. The van der Waals surface area contributed by atoms with Crippen molar-refractivity contribution in [1.82, 2.24) is 14.8 Å². The molecule has 0 atom stereocenters. The number of hydrogen-bond acceptors (Lipinski definition) is 4. The molecular weight excluding hydrogens is 463 g/mol. The fourth-order valence-corrected chi connectivity index (χ4v) is 4.33. The maximum absolute atomic E-state index is 12.6. The van der Waals surface area contributed by atoms with Crippen molar-refractivity contribution in [1.29, 1.82) is 0 Å². The van der Waals surface area contributed by atoms with Gasteiger partial charge >= 0.3 is 0 Å². The predicted octanol–water partition coefficient (Wildman–Crippen LogP) is 6.20. The molecule has 4 rings (SSSR count). The first kappa shape index (κ1) is 22.4. The fraction of sp³-hybridized carbons (Fsp3) is 0.125. The number of aromatic nitrogens is 3. The summed E-state index contributed by atoms with van der Waals surface area (Å²) < 4.78 is 1.95. The van der Waals surface area contributed by atoms with Gasteiger partial charge < -0.3 is 5.32 Å². The van der Waals surface area contributed by atoms with Crippen molar-refractivity contribution in [3.63, 3.8) is 0 Å². The number of carbonyl (C=O) groups excluding carboxylic acids is 1. The van der Waals surface area contributed by atoms with E-state index >= 15 is 0 Å². The number of aryl methyl sites for hydroxylation is 1. The smallest absolute Gasteiger partial charge is 0.234 e. The first-order valence-electron chi connectivity index (χ1n) is 9.92. The summed E-state index contributed by atoms with van der Waals surface area (Å²) in [4.78, 5) is 12.6. The van der Waals surface area contributed by atoms with Gasteiger partial charge in [-0.15, -0.1) is 10.2 Å². The minimum Gasteiger partial charge on any atom is -0.325 e. The second-order valence-electron chi connectivity index (χ2n) is 7.17. The van der Waals surface area contributed by atoms with Gasteiger partial charge in [0.05, 0.1) is 11.4 Å². The number of hydrogen-bond donors (Lipinski definition) is 1. The van der Waals surface area contributed by atoms with E-state index in [1.54, 1.807) is 12.1 Å². The van der Waals surface area contributed by atoms with E-state index in [1.165, 1.54) is 11.8 Å². The van der Waals surface area contributed by atoms with Crippen LogP contribution in [0.5, 0.6) is 0 Å². The highest BCUT2D eigenvalue weighted by molar-refractivity contribution is 7.99. The second-order valence-corrected chi connectivity index (χ2v) is 8.99. The average Bonchev–Trinajstić information content (AvgIpc) is 3.18. The number of halogens is 2. The fourth-order valence-electron chi connectivity index (χ4n) is 3.21. The maximum atomic E-state index is 12.6. The van der Waals surface area contributed by atoms with Gasteiger partial charge in [0.25, 0.3) is 0 Å². The van der Waals surface area contributed by atoms with Gasteiger partial charge in [0.2, 0.25) is 5.91 Å². The van der Waals surface area contributed by atoms with Crippen molar-refractivity contribution in [2.24, 2.45) is 0 Å². The third-order valence-corrected chi connectivity index (χ3v) is 6.18. The standard InChI is InChI=1S/C24H20Cl2N4OS/c1-16-10-11-19(26)14-21(16)27-23(31)15-32-24-29-28-22(12-17-6-3-2-4-7-17)30(24)20-9-5-8-18(25)13-20/h2-11,13-14H,12,15H2,1H3,(H,27,31). The van der Waals surface area contributed by atoms with Crippen molar-refractivity contribution >= 4 is 46.6 Å². The van der Waals surface area contributed by atoms with Crippen LogP contribution in [0, 0.1) is 6.92 Å². The Bertz CT molecular complexity index is 1240. The molecule has 0 unspecified atom stereocenters. The van der Waals surface area contributed by atoms with Crippen LogP contribution in [0.15, 0.2) is 78.0 Å². The first-order valence-corrected chi connectivity index (χ1v) is 11.7. The lowest BCUT2D eigenvalue weighted by atomic mass is 10.1. The normalized spacial score (nSPS) is 10.8. The number of benzene rings is 3. The van der Waals surface area contributed by atoms with Gasteiger partial charge in [-0.2, -0.15) is 0 Å². The molecule has 5 nitrogen and oxygen atoms in total. The molecule has 1 amide bonds. The minimum absolute atomic E-state index is 0.148. The van der Waals surface area contributed by atoms with Gasteiger partial charge in [-0.3, -0.25) is 9.36 Å². The quantitative estimate of drug-likeness (QED) is 0.318. The molecular formula is C24H20Cl2N4OS. The number of nitrogens with zero attached hydrogens (tertiary/aromatic N) is 3. The van der Waals surface area contributed by atoms with Gasteiger partial charge in [0.1, 0.15) is 5.82 Å². The summed E-state index contributed by atoms with van der Waals surface area (Å²) in [5, 5.41) is 13.5.